The van der Waals surface area contributed by atoms with Gasteiger partial charge in [0.2, 0.25) is 0 Å². The average molecular weight is 284 g/mol. The summed E-state index contributed by atoms with van der Waals surface area (Å²) in [4.78, 5) is 28.0. The van der Waals surface area contributed by atoms with Crippen LogP contribution in [0.5, 0.6) is 0 Å². The molecule has 106 valence electrons. The third-order valence-corrected chi connectivity index (χ3v) is 3.11. The van der Waals surface area contributed by atoms with Gasteiger partial charge in [-0.1, -0.05) is 12.1 Å². The predicted octanol–water partition coefficient (Wildman–Crippen LogP) is 2.10. The molecule has 0 fully saturated rings. The highest BCUT2D eigenvalue weighted by Gasteiger charge is 2.17. The van der Waals surface area contributed by atoms with Crippen molar-refractivity contribution >= 4 is 33.7 Å². The first-order valence-electron chi connectivity index (χ1n) is 6.41. The molecule has 2 N–H and O–H groups in total. The van der Waals surface area contributed by atoms with E-state index < -0.39 is 11.6 Å². The van der Waals surface area contributed by atoms with E-state index in [-0.39, 0.29) is 23.4 Å². The number of para-hydroxylation sites is 1. The fourth-order valence-corrected chi connectivity index (χ4v) is 2.17. The van der Waals surface area contributed by atoms with Crippen LogP contribution in [0.2, 0.25) is 0 Å². The molecule has 0 aliphatic rings. The lowest BCUT2D eigenvalue weighted by molar-refractivity contribution is 0.0527. The van der Waals surface area contributed by atoms with Crippen molar-refractivity contribution in [2.24, 2.45) is 0 Å². The molecule has 0 atom stereocenters. The number of nitrogens with two attached hydrogens (primary N) is 1. The Kier molecular flexibility index (Phi) is 3.06. The van der Waals surface area contributed by atoms with Gasteiger partial charge in [-0.2, -0.15) is 0 Å². The molecular weight excluding hydrogens is 272 g/mol. The van der Waals surface area contributed by atoms with Gasteiger partial charge in [0.25, 0.3) is 0 Å². The van der Waals surface area contributed by atoms with Crippen molar-refractivity contribution in [3.8, 4) is 0 Å². The van der Waals surface area contributed by atoms with Gasteiger partial charge >= 0.3 is 11.6 Å². The molecule has 0 saturated carbocycles. The number of nitrogens with zero attached hydrogens (tertiary/aromatic N) is 1. The quantitative estimate of drug-likeness (QED) is 0.440. The molecule has 2 heterocycles. The number of fused-ring (bicyclic) bond motifs is 3. The van der Waals surface area contributed by atoms with Crippen LogP contribution in [0.15, 0.2) is 39.5 Å². The van der Waals surface area contributed by atoms with Crippen LogP contribution in [-0.2, 0) is 4.74 Å². The second-order valence-corrected chi connectivity index (χ2v) is 4.42. The van der Waals surface area contributed by atoms with Crippen molar-refractivity contribution in [3.63, 3.8) is 0 Å². The first-order valence-corrected chi connectivity index (χ1v) is 6.41. The van der Waals surface area contributed by atoms with Crippen molar-refractivity contribution < 1.29 is 13.9 Å². The minimum absolute atomic E-state index is 0.0247. The number of hydrogen-bond acceptors (Lipinski definition) is 6. The monoisotopic (exact) mass is 284 g/mol. The Morgan fingerprint density at radius 1 is 1.33 bits per heavy atom. The fourth-order valence-electron chi connectivity index (χ4n) is 2.17. The minimum Gasteiger partial charge on any atom is -0.462 e. The molecule has 0 radical (unpaired) electrons. The van der Waals surface area contributed by atoms with E-state index in [9.17, 15) is 9.59 Å². The second kappa shape index (κ2) is 4.90. The van der Waals surface area contributed by atoms with Crippen LogP contribution in [0.3, 0.4) is 0 Å². The number of pyridine rings is 1. The summed E-state index contributed by atoms with van der Waals surface area (Å²) in [6.07, 6.45) is 0. The van der Waals surface area contributed by atoms with Crippen LogP contribution in [0.25, 0.3) is 21.9 Å². The van der Waals surface area contributed by atoms with Crippen LogP contribution in [0.1, 0.15) is 17.3 Å². The van der Waals surface area contributed by atoms with Crippen molar-refractivity contribution in [3.05, 3.63) is 46.3 Å². The highest BCUT2D eigenvalue weighted by atomic mass is 16.5. The van der Waals surface area contributed by atoms with Gasteiger partial charge < -0.3 is 14.9 Å². The van der Waals surface area contributed by atoms with Gasteiger partial charge in [0.05, 0.1) is 17.5 Å². The number of nitrogen functional groups attached to an aromatic ring is 1. The van der Waals surface area contributed by atoms with E-state index in [1.54, 1.807) is 31.2 Å². The van der Waals surface area contributed by atoms with E-state index in [2.05, 4.69) is 4.98 Å². The summed E-state index contributed by atoms with van der Waals surface area (Å²) in [6.45, 7) is 1.90. The molecule has 6 heteroatoms. The first-order chi connectivity index (χ1) is 10.1. The number of carbonyl (C=O) groups is 1. The van der Waals surface area contributed by atoms with Gasteiger partial charge in [-0.05, 0) is 25.1 Å². The smallest absolute Gasteiger partial charge is 0.345 e. The number of benzene rings is 1. The molecule has 6 nitrogen and oxygen atoms in total. The maximum absolute atomic E-state index is 12.0. The molecule has 2 aromatic heterocycles. The summed E-state index contributed by atoms with van der Waals surface area (Å²) in [5.74, 6) is -0.589. The minimum atomic E-state index is -0.614. The normalized spacial score (nSPS) is 10.9. The summed E-state index contributed by atoms with van der Waals surface area (Å²) in [5, 5.41) is 0.861. The highest BCUT2D eigenvalue weighted by Crippen LogP contribution is 2.24. The molecule has 0 unspecified atom stereocenters. The van der Waals surface area contributed by atoms with E-state index in [0.29, 0.717) is 16.5 Å². The Morgan fingerprint density at radius 2 is 2.10 bits per heavy atom. The number of hydrogen-bond donors (Lipinski definition) is 1. The largest absolute Gasteiger partial charge is 0.462 e. The predicted molar refractivity (Wildman–Crippen MR) is 78.2 cm³/mol. The molecule has 0 saturated heterocycles. The van der Waals surface area contributed by atoms with Crippen LogP contribution in [0, 0.1) is 0 Å². The summed E-state index contributed by atoms with van der Waals surface area (Å²) >= 11 is 0. The van der Waals surface area contributed by atoms with E-state index in [1.165, 1.54) is 6.07 Å². The van der Waals surface area contributed by atoms with Gasteiger partial charge in [0, 0.05) is 5.39 Å². The Hall–Kier alpha value is -2.89. The van der Waals surface area contributed by atoms with Crippen molar-refractivity contribution in [2.75, 3.05) is 12.3 Å². The highest BCUT2D eigenvalue weighted by molar-refractivity contribution is 6.06. The summed E-state index contributed by atoms with van der Waals surface area (Å²) in [7, 11) is 0. The maximum atomic E-state index is 12.0. The van der Waals surface area contributed by atoms with E-state index in [4.69, 9.17) is 14.9 Å². The lowest BCUT2D eigenvalue weighted by atomic mass is 10.1. The van der Waals surface area contributed by atoms with E-state index in [0.717, 1.165) is 0 Å². The lowest BCUT2D eigenvalue weighted by Crippen LogP contribution is -2.12. The van der Waals surface area contributed by atoms with Gasteiger partial charge in [-0.3, -0.25) is 0 Å². The molecule has 3 aromatic rings. The second-order valence-electron chi connectivity index (χ2n) is 4.42. The molecule has 21 heavy (non-hydrogen) atoms. The molecule has 1 aromatic carbocycles. The van der Waals surface area contributed by atoms with E-state index in [1.807, 2.05) is 0 Å². The van der Waals surface area contributed by atoms with Gasteiger partial charge in [0.15, 0.2) is 0 Å². The van der Waals surface area contributed by atoms with Crippen LogP contribution >= 0.6 is 0 Å². The standard InChI is InChI=1S/C15H12N2O4/c1-2-20-14(18)10-7-9-12(17-13(10)16)8-5-3-4-6-11(8)21-15(9)19/h3-7H,2H2,1H3,(H2,16,17). The SMILES string of the molecule is CCOC(=O)c1cc2c(=O)oc3ccccc3c2nc1N. The third-order valence-electron chi connectivity index (χ3n) is 3.11. The zero-order valence-corrected chi connectivity index (χ0v) is 11.3. The summed E-state index contributed by atoms with van der Waals surface area (Å²) in [6, 6.07) is 8.38. The first kappa shape index (κ1) is 13.1. The molecule has 0 bridgehead atoms. The molecule has 3 rings (SSSR count). The van der Waals surface area contributed by atoms with Crippen LogP contribution in [0.4, 0.5) is 5.82 Å². The molecule has 0 spiro atoms. The Balaban J connectivity index is 2.37. The van der Waals surface area contributed by atoms with Gasteiger partial charge in [-0.25, -0.2) is 14.6 Å². The van der Waals surface area contributed by atoms with Gasteiger partial charge in [0.1, 0.15) is 17.0 Å². The number of esters is 1. The summed E-state index contributed by atoms with van der Waals surface area (Å²) in [5.41, 5.74) is 6.14. The number of anilines is 1. The van der Waals surface area contributed by atoms with Crippen molar-refractivity contribution in [1.29, 1.82) is 0 Å². The van der Waals surface area contributed by atoms with Crippen molar-refractivity contribution in [2.45, 2.75) is 6.92 Å². The van der Waals surface area contributed by atoms with Crippen LogP contribution < -0.4 is 11.4 Å². The van der Waals surface area contributed by atoms with Crippen LogP contribution in [-0.4, -0.2) is 17.6 Å². The molecular formula is C15H12N2O4. The number of aromatic nitrogens is 1. The number of carbonyl (C=O) groups excluding carboxylic acids is 1. The van der Waals surface area contributed by atoms with E-state index >= 15 is 0 Å². The maximum Gasteiger partial charge on any atom is 0.345 e. The topological polar surface area (TPSA) is 95.4 Å². The van der Waals surface area contributed by atoms with Crippen molar-refractivity contribution in [1.82, 2.24) is 4.98 Å². The molecule has 0 aliphatic carbocycles. The number of ether oxygens (including phenoxy) is 1. The Morgan fingerprint density at radius 3 is 2.86 bits per heavy atom. The van der Waals surface area contributed by atoms with Gasteiger partial charge in [-0.15, -0.1) is 0 Å². The summed E-state index contributed by atoms with van der Waals surface area (Å²) < 4.78 is 10.1. The lowest BCUT2D eigenvalue weighted by Gasteiger charge is -2.07. The third kappa shape index (κ3) is 2.10. The zero-order chi connectivity index (χ0) is 15.0. The molecule has 0 amide bonds. The molecule has 0 aliphatic heterocycles. The fraction of sp³-hybridized carbons (Fsp3) is 0.133. The Labute approximate surface area is 119 Å². The Bertz CT molecular complexity index is 915. The number of rotatable bonds is 2. The average Bonchev–Trinajstić information content (AvgIpc) is 2.47. The zero-order valence-electron chi connectivity index (χ0n) is 11.3.